The molecule has 4 heteroatoms. The van der Waals surface area contributed by atoms with Crippen LogP contribution in [-0.4, -0.2) is 0 Å². The first-order valence-electron chi connectivity index (χ1n) is 5.01. The number of nitrogens with one attached hydrogen (secondary N) is 1. The summed E-state index contributed by atoms with van der Waals surface area (Å²) in [4.78, 5) is 0. The zero-order chi connectivity index (χ0) is 12.3. The zero-order valence-corrected chi connectivity index (χ0v) is 9.70. The summed E-state index contributed by atoms with van der Waals surface area (Å²) in [5.74, 6) is 0. The molecule has 0 aliphatic heterocycles. The molecular weight excluding hydrogens is 234 g/mol. The van der Waals surface area contributed by atoms with E-state index in [1.165, 1.54) is 0 Å². The Balaban J connectivity index is 2.28. The Hall–Kier alpha value is -2.18. The van der Waals surface area contributed by atoms with Crippen molar-refractivity contribution in [3.8, 4) is 6.07 Å². The molecule has 0 atom stereocenters. The number of nitrogens with zero attached hydrogens (tertiary/aromatic N) is 1. The molecule has 3 nitrogen and oxygen atoms in total. The molecule has 84 valence electrons. The van der Waals surface area contributed by atoms with Gasteiger partial charge in [-0.15, -0.1) is 0 Å². The van der Waals surface area contributed by atoms with Gasteiger partial charge in [-0.05, 0) is 36.4 Å². The summed E-state index contributed by atoms with van der Waals surface area (Å²) in [6.07, 6.45) is 0. The molecule has 0 amide bonds. The molecule has 0 heterocycles. The lowest BCUT2D eigenvalue weighted by Crippen LogP contribution is -1.93. The van der Waals surface area contributed by atoms with Crippen LogP contribution in [0.5, 0.6) is 0 Å². The molecule has 3 N–H and O–H groups in total. The van der Waals surface area contributed by atoms with Crippen molar-refractivity contribution in [1.29, 1.82) is 5.26 Å². The third-order valence-electron chi connectivity index (χ3n) is 2.26. The Morgan fingerprint density at radius 3 is 2.71 bits per heavy atom. The third kappa shape index (κ3) is 2.68. The highest BCUT2D eigenvalue weighted by Crippen LogP contribution is 2.27. The molecule has 2 aromatic rings. The predicted molar refractivity (Wildman–Crippen MR) is 70.3 cm³/mol. The van der Waals surface area contributed by atoms with Gasteiger partial charge in [0.2, 0.25) is 0 Å². The van der Waals surface area contributed by atoms with Crippen LogP contribution < -0.4 is 11.1 Å². The van der Waals surface area contributed by atoms with Crippen LogP contribution in [0.25, 0.3) is 0 Å². The van der Waals surface area contributed by atoms with Crippen molar-refractivity contribution in [2.75, 3.05) is 11.1 Å². The standard InChI is InChI=1S/C13H10ClN3/c14-12-7-10(16)4-5-13(12)17-11-3-1-2-9(6-11)8-15/h1-7,17H,16H2. The number of nitrogen functional groups attached to an aromatic ring is 1. The fourth-order valence-electron chi connectivity index (χ4n) is 1.45. The van der Waals surface area contributed by atoms with Gasteiger partial charge in [0, 0.05) is 11.4 Å². The molecule has 0 spiro atoms. The van der Waals surface area contributed by atoms with Gasteiger partial charge in [0.15, 0.2) is 0 Å². The molecule has 2 rings (SSSR count). The molecule has 0 bridgehead atoms. The fraction of sp³-hybridized carbons (Fsp3) is 0. The number of benzene rings is 2. The topological polar surface area (TPSA) is 61.8 Å². The third-order valence-corrected chi connectivity index (χ3v) is 2.58. The summed E-state index contributed by atoms with van der Waals surface area (Å²) >= 11 is 6.05. The second kappa shape index (κ2) is 4.77. The first-order chi connectivity index (χ1) is 8.19. The number of halogens is 1. The van der Waals surface area contributed by atoms with E-state index in [2.05, 4.69) is 11.4 Å². The summed E-state index contributed by atoms with van der Waals surface area (Å²) in [6, 6.07) is 14.5. The summed E-state index contributed by atoms with van der Waals surface area (Å²) in [5, 5.41) is 12.5. The Morgan fingerprint density at radius 1 is 1.18 bits per heavy atom. The quantitative estimate of drug-likeness (QED) is 0.793. The van der Waals surface area contributed by atoms with Crippen LogP contribution in [0.15, 0.2) is 42.5 Å². The maximum absolute atomic E-state index is 8.80. The maximum Gasteiger partial charge on any atom is 0.0992 e. The van der Waals surface area contributed by atoms with E-state index in [9.17, 15) is 0 Å². The molecular formula is C13H10ClN3. The highest BCUT2D eigenvalue weighted by molar-refractivity contribution is 6.33. The Morgan fingerprint density at radius 2 is 2.00 bits per heavy atom. The molecule has 0 saturated carbocycles. The molecule has 0 unspecified atom stereocenters. The van der Waals surface area contributed by atoms with Crippen LogP contribution >= 0.6 is 11.6 Å². The summed E-state index contributed by atoms with van der Waals surface area (Å²) < 4.78 is 0. The van der Waals surface area contributed by atoms with E-state index >= 15 is 0 Å². The van der Waals surface area contributed by atoms with Crippen molar-refractivity contribution in [3.05, 3.63) is 53.1 Å². The molecule has 0 fully saturated rings. The first-order valence-corrected chi connectivity index (χ1v) is 5.39. The van der Waals surface area contributed by atoms with Crippen molar-refractivity contribution >= 4 is 28.7 Å². The van der Waals surface area contributed by atoms with Crippen LogP contribution in [0.3, 0.4) is 0 Å². The number of rotatable bonds is 2. The Labute approximate surface area is 104 Å². The molecule has 17 heavy (non-hydrogen) atoms. The largest absolute Gasteiger partial charge is 0.399 e. The Kier molecular flexibility index (Phi) is 3.17. The molecule has 0 aromatic heterocycles. The minimum atomic E-state index is 0.548. The summed E-state index contributed by atoms with van der Waals surface area (Å²) in [7, 11) is 0. The first kappa shape index (κ1) is 11.3. The van der Waals surface area contributed by atoms with Gasteiger partial charge in [-0.1, -0.05) is 17.7 Å². The Bertz CT molecular complexity index is 587. The summed E-state index contributed by atoms with van der Waals surface area (Å²) in [6.45, 7) is 0. The number of nitrogens with two attached hydrogens (primary N) is 1. The maximum atomic E-state index is 8.80. The van der Waals surface area contributed by atoms with Gasteiger partial charge in [0.1, 0.15) is 0 Å². The smallest absolute Gasteiger partial charge is 0.0992 e. The fourth-order valence-corrected chi connectivity index (χ4v) is 1.69. The van der Waals surface area contributed by atoms with Gasteiger partial charge >= 0.3 is 0 Å². The van der Waals surface area contributed by atoms with Gasteiger partial charge in [-0.25, -0.2) is 0 Å². The number of hydrogen-bond donors (Lipinski definition) is 2. The van der Waals surface area contributed by atoms with E-state index < -0.39 is 0 Å². The highest BCUT2D eigenvalue weighted by atomic mass is 35.5. The predicted octanol–water partition coefficient (Wildman–Crippen LogP) is 3.54. The van der Waals surface area contributed by atoms with Crippen molar-refractivity contribution < 1.29 is 0 Å². The van der Waals surface area contributed by atoms with Gasteiger partial charge in [-0.2, -0.15) is 5.26 Å². The number of anilines is 3. The van der Waals surface area contributed by atoms with E-state index in [0.717, 1.165) is 11.4 Å². The van der Waals surface area contributed by atoms with Crippen LogP contribution in [0.1, 0.15) is 5.56 Å². The van der Waals surface area contributed by atoms with Crippen LogP contribution in [0.2, 0.25) is 5.02 Å². The van der Waals surface area contributed by atoms with Crippen LogP contribution in [-0.2, 0) is 0 Å². The highest BCUT2D eigenvalue weighted by Gasteiger charge is 2.01. The zero-order valence-electron chi connectivity index (χ0n) is 8.94. The second-order valence-electron chi connectivity index (χ2n) is 3.56. The lowest BCUT2D eigenvalue weighted by molar-refractivity contribution is 1.47. The molecule has 0 aliphatic carbocycles. The van der Waals surface area contributed by atoms with Crippen molar-refractivity contribution in [2.45, 2.75) is 0 Å². The number of nitriles is 1. The lowest BCUT2D eigenvalue weighted by Gasteiger charge is -2.09. The van der Waals surface area contributed by atoms with Crippen molar-refractivity contribution in [1.82, 2.24) is 0 Å². The van der Waals surface area contributed by atoms with Gasteiger partial charge in [0.05, 0.1) is 22.3 Å². The van der Waals surface area contributed by atoms with E-state index in [1.807, 2.05) is 12.1 Å². The normalized spacial score (nSPS) is 9.65. The monoisotopic (exact) mass is 243 g/mol. The van der Waals surface area contributed by atoms with Crippen molar-refractivity contribution in [3.63, 3.8) is 0 Å². The van der Waals surface area contributed by atoms with E-state index in [0.29, 0.717) is 16.3 Å². The average molecular weight is 244 g/mol. The van der Waals surface area contributed by atoms with Crippen LogP contribution in [0.4, 0.5) is 17.1 Å². The van der Waals surface area contributed by atoms with Crippen molar-refractivity contribution in [2.24, 2.45) is 0 Å². The van der Waals surface area contributed by atoms with Gasteiger partial charge < -0.3 is 11.1 Å². The van der Waals surface area contributed by atoms with Gasteiger partial charge in [0.25, 0.3) is 0 Å². The number of hydrogen-bond acceptors (Lipinski definition) is 3. The average Bonchev–Trinajstić information content (AvgIpc) is 2.33. The van der Waals surface area contributed by atoms with E-state index in [-0.39, 0.29) is 0 Å². The van der Waals surface area contributed by atoms with E-state index in [4.69, 9.17) is 22.6 Å². The summed E-state index contributed by atoms with van der Waals surface area (Å²) in [5.41, 5.74) is 8.40. The van der Waals surface area contributed by atoms with E-state index in [1.54, 1.807) is 30.3 Å². The van der Waals surface area contributed by atoms with Crippen LogP contribution in [0, 0.1) is 11.3 Å². The molecule has 0 saturated heterocycles. The second-order valence-corrected chi connectivity index (χ2v) is 3.96. The molecule has 2 aromatic carbocycles. The lowest BCUT2D eigenvalue weighted by atomic mass is 10.2. The SMILES string of the molecule is N#Cc1cccc(Nc2ccc(N)cc2Cl)c1. The minimum absolute atomic E-state index is 0.548. The molecule has 0 radical (unpaired) electrons. The molecule has 0 aliphatic rings. The van der Waals surface area contributed by atoms with Gasteiger partial charge in [-0.3, -0.25) is 0 Å². The minimum Gasteiger partial charge on any atom is -0.399 e.